The number of aromatic nitrogens is 1. The number of carboxylic acid groups (broad SMARTS) is 1. The Labute approximate surface area is 99.4 Å². The Morgan fingerprint density at radius 2 is 2.18 bits per heavy atom. The minimum absolute atomic E-state index is 0.0465. The third kappa shape index (κ3) is 2.11. The first-order valence-electron chi connectivity index (χ1n) is 5.53. The summed E-state index contributed by atoms with van der Waals surface area (Å²) in [5.41, 5.74) is 1.87. The van der Waals surface area contributed by atoms with Gasteiger partial charge in [0.1, 0.15) is 5.75 Å². The molecule has 0 saturated carbocycles. The summed E-state index contributed by atoms with van der Waals surface area (Å²) in [6.45, 7) is 2.77. The molecule has 0 aliphatic carbocycles. The van der Waals surface area contributed by atoms with Gasteiger partial charge in [-0.3, -0.25) is 4.79 Å². The summed E-state index contributed by atoms with van der Waals surface area (Å²) < 4.78 is 7.18. The highest BCUT2D eigenvalue weighted by atomic mass is 16.5. The second-order valence-electron chi connectivity index (χ2n) is 3.88. The fraction of sp³-hybridized carbons (Fsp3) is 0.308. The molecule has 4 heteroatoms. The Bertz CT molecular complexity index is 557. The van der Waals surface area contributed by atoms with E-state index in [1.165, 1.54) is 0 Å². The van der Waals surface area contributed by atoms with Crippen molar-refractivity contribution in [3.8, 4) is 5.75 Å². The van der Waals surface area contributed by atoms with E-state index < -0.39 is 5.97 Å². The van der Waals surface area contributed by atoms with Gasteiger partial charge in [0.15, 0.2) is 0 Å². The molecule has 17 heavy (non-hydrogen) atoms. The lowest BCUT2D eigenvalue weighted by Crippen LogP contribution is -2.06. The first kappa shape index (κ1) is 11.5. The van der Waals surface area contributed by atoms with Crippen molar-refractivity contribution >= 4 is 16.9 Å². The van der Waals surface area contributed by atoms with Crippen LogP contribution in [0.15, 0.2) is 24.3 Å². The molecule has 0 bridgehead atoms. The highest BCUT2D eigenvalue weighted by molar-refractivity contribution is 5.84. The molecule has 0 fully saturated rings. The largest absolute Gasteiger partial charge is 0.497 e. The molecule has 0 aliphatic rings. The normalized spacial score (nSPS) is 10.7. The summed E-state index contributed by atoms with van der Waals surface area (Å²) in [6.07, 6.45) is 0.0465. The van der Waals surface area contributed by atoms with Gasteiger partial charge in [0.25, 0.3) is 0 Å². The maximum Gasteiger partial charge on any atom is 0.309 e. The molecule has 1 aromatic carbocycles. The SMILES string of the molecule is CCn1c(CC(=O)O)cc2cc(OC)ccc21. The van der Waals surface area contributed by atoms with Gasteiger partial charge in [-0.25, -0.2) is 0 Å². The van der Waals surface area contributed by atoms with Crippen LogP contribution >= 0.6 is 0 Å². The molecule has 2 rings (SSSR count). The van der Waals surface area contributed by atoms with Gasteiger partial charge in [-0.05, 0) is 31.2 Å². The monoisotopic (exact) mass is 233 g/mol. The van der Waals surface area contributed by atoms with Crippen LogP contribution in [-0.4, -0.2) is 22.8 Å². The molecular formula is C13H15NO3. The van der Waals surface area contributed by atoms with Crippen molar-refractivity contribution in [3.63, 3.8) is 0 Å². The molecule has 90 valence electrons. The van der Waals surface area contributed by atoms with Crippen molar-refractivity contribution in [1.82, 2.24) is 4.57 Å². The van der Waals surface area contributed by atoms with Gasteiger partial charge in [-0.2, -0.15) is 0 Å². The summed E-state index contributed by atoms with van der Waals surface area (Å²) >= 11 is 0. The number of rotatable bonds is 4. The van der Waals surface area contributed by atoms with E-state index in [-0.39, 0.29) is 6.42 Å². The third-order valence-corrected chi connectivity index (χ3v) is 2.84. The van der Waals surface area contributed by atoms with Crippen LogP contribution in [0.4, 0.5) is 0 Å². The van der Waals surface area contributed by atoms with E-state index in [1.54, 1.807) is 7.11 Å². The smallest absolute Gasteiger partial charge is 0.309 e. The van der Waals surface area contributed by atoms with Gasteiger partial charge >= 0.3 is 5.97 Å². The van der Waals surface area contributed by atoms with Crippen molar-refractivity contribution in [2.24, 2.45) is 0 Å². The minimum atomic E-state index is -0.811. The molecule has 0 spiro atoms. The lowest BCUT2D eigenvalue weighted by Gasteiger charge is -2.06. The van der Waals surface area contributed by atoms with Gasteiger partial charge in [0, 0.05) is 23.1 Å². The molecule has 0 radical (unpaired) electrons. The lowest BCUT2D eigenvalue weighted by molar-refractivity contribution is -0.136. The fourth-order valence-electron chi connectivity index (χ4n) is 2.11. The number of hydrogen-bond donors (Lipinski definition) is 1. The molecule has 0 unspecified atom stereocenters. The van der Waals surface area contributed by atoms with Crippen molar-refractivity contribution in [2.45, 2.75) is 19.9 Å². The van der Waals surface area contributed by atoms with E-state index in [9.17, 15) is 4.79 Å². The van der Waals surface area contributed by atoms with E-state index in [1.807, 2.05) is 35.8 Å². The summed E-state index contributed by atoms with van der Waals surface area (Å²) in [4.78, 5) is 10.8. The second kappa shape index (κ2) is 4.49. The molecule has 1 heterocycles. The van der Waals surface area contributed by atoms with E-state index in [0.717, 1.165) is 28.9 Å². The van der Waals surface area contributed by atoms with Crippen LogP contribution in [-0.2, 0) is 17.8 Å². The quantitative estimate of drug-likeness (QED) is 0.881. The molecule has 2 aromatic rings. The topological polar surface area (TPSA) is 51.5 Å². The van der Waals surface area contributed by atoms with E-state index in [2.05, 4.69) is 0 Å². The van der Waals surface area contributed by atoms with Crippen molar-refractivity contribution in [2.75, 3.05) is 7.11 Å². The standard InChI is InChI=1S/C13H15NO3/c1-3-14-10(8-13(15)16)6-9-7-11(17-2)4-5-12(9)14/h4-7H,3,8H2,1-2H3,(H,15,16). The number of carboxylic acids is 1. The van der Waals surface area contributed by atoms with Crippen LogP contribution in [0.25, 0.3) is 10.9 Å². The van der Waals surface area contributed by atoms with Gasteiger partial charge in [-0.1, -0.05) is 0 Å². The maximum atomic E-state index is 10.8. The summed E-state index contributed by atoms with van der Waals surface area (Å²) in [5, 5.41) is 9.89. The number of aryl methyl sites for hydroxylation is 1. The Balaban J connectivity index is 2.57. The number of methoxy groups -OCH3 is 1. The molecule has 0 aliphatic heterocycles. The maximum absolute atomic E-state index is 10.8. The van der Waals surface area contributed by atoms with Crippen LogP contribution in [0.2, 0.25) is 0 Å². The number of aliphatic carboxylic acids is 1. The fourth-order valence-corrected chi connectivity index (χ4v) is 2.11. The summed E-state index contributed by atoms with van der Waals surface area (Å²) in [5.74, 6) is -0.0258. The molecular weight excluding hydrogens is 218 g/mol. The number of hydrogen-bond acceptors (Lipinski definition) is 2. The zero-order valence-electron chi connectivity index (χ0n) is 9.93. The molecule has 0 saturated heterocycles. The minimum Gasteiger partial charge on any atom is -0.497 e. The lowest BCUT2D eigenvalue weighted by atomic mass is 10.2. The molecule has 4 nitrogen and oxygen atoms in total. The van der Waals surface area contributed by atoms with Crippen molar-refractivity contribution in [1.29, 1.82) is 0 Å². The van der Waals surface area contributed by atoms with Gasteiger partial charge in [0.05, 0.1) is 13.5 Å². The average Bonchev–Trinajstić information content (AvgIpc) is 2.63. The van der Waals surface area contributed by atoms with Crippen LogP contribution < -0.4 is 4.74 Å². The zero-order chi connectivity index (χ0) is 12.4. The third-order valence-electron chi connectivity index (χ3n) is 2.84. The predicted molar refractivity (Wildman–Crippen MR) is 65.5 cm³/mol. The van der Waals surface area contributed by atoms with Gasteiger partial charge in [-0.15, -0.1) is 0 Å². The number of ether oxygens (including phenoxy) is 1. The summed E-state index contributed by atoms with van der Waals surface area (Å²) in [6, 6.07) is 7.68. The van der Waals surface area contributed by atoms with E-state index >= 15 is 0 Å². The van der Waals surface area contributed by atoms with Crippen molar-refractivity contribution in [3.05, 3.63) is 30.0 Å². The first-order valence-corrected chi connectivity index (χ1v) is 5.53. The van der Waals surface area contributed by atoms with Gasteiger partial charge in [0.2, 0.25) is 0 Å². The predicted octanol–water partition coefficient (Wildman–Crippen LogP) is 2.30. The van der Waals surface area contributed by atoms with Gasteiger partial charge < -0.3 is 14.4 Å². The Hall–Kier alpha value is -1.97. The Morgan fingerprint density at radius 1 is 1.41 bits per heavy atom. The highest BCUT2D eigenvalue weighted by Crippen LogP contribution is 2.24. The molecule has 1 aromatic heterocycles. The number of fused-ring (bicyclic) bond motifs is 1. The molecule has 0 amide bonds. The second-order valence-corrected chi connectivity index (χ2v) is 3.88. The summed E-state index contributed by atoms with van der Waals surface area (Å²) in [7, 11) is 1.62. The Morgan fingerprint density at radius 3 is 2.76 bits per heavy atom. The van der Waals surface area contributed by atoms with E-state index in [0.29, 0.717) is 0 Å². The molecule has 1 N–H and O–H groups in total. The van der Waals surface area contributed by atoms with Crippen LogP contribution in [0.5, 0.6) is 5.75 Å². The zero-order valence-corrected chi connectivity index (χ0v) is 9.93. The van der Waals surface area contributed by atoms with Crippen LogP contribution in [0, 0.1) is 0 Å². The first-order chi connectivity index (χ1) is 8.15. The van der Waals surface area contributed by atoms with E-state index in [4.69, 9.17) is 9.84 Å². The Kier molecular flexibility index (Phi) is 3.04. The van der Waals surface area contributed by atoms with Crippen molar-refractivity contribution < 1.29 is 14.6 Å². The number of benzene rings is 1. The van der Waals surface area contributed by atoms with Crippen LogP contribution in [0.3, 0.4) is 0 Å². The number of carbonyl (C=O) groups is 1. The van der Waals surface area contributed by atoms with Crippen LogP contribution in [0.1, 0.15) is 12.6 Å². The number of nitrogens with zero attached hydrogens (tertiary/aromatic N) is 1. The average molecular weight is 233 g/mol. The molecule has 0 atom stereocenters. The highest BCUT2D eigenvalue weighted by Gasteiger charge is 2.11.